The van der Waals surface area contributed by atoms with E-state index in [1.165, 1.54) is 17.0 Å². The first kappa shape index (κ1) is 20.7. The van der Waals surface area contributed by atoms with Crippen molar-refractivity contribution in [2.24, 2.45) is 0 Å². The van der Waals surface area contributed by atoms with Gasteiger partial charge in [0.15, 0.2) is 11.5 Å². The van der Waals surface area contributed by atoms with Crippen molar-refractivity contribution in [1.29, 1.82) is 0 Å². The molecule has 0 aliphatic carbocycles. The fourth-order valence-electron chi connectivity index (χ4n) is 3.44. The average molecular weight is 436 g/mol. The molecule has 3 aromatic carbocycles. The minimum absolute atomic E-state index is 0.259. The van der Waals surface area contributed by atoms with Crippen molar-refractivity contribution in [3.05, 3.63) is 100 Å². The molecule has 4 nitrogen and oxygen atoms in total. The van der Waals surface area contributed by atoms with Crippen LogP contribution in [0.3, 0.4) is 0 Å². The van der Waals surface area contributed by atoms with Crippen LogP contribution in [-0.4, -0.2) is 20.1 Å². The molecule has 0 saturated heterocycles. The maximum atomic E-state index is 13.9. The van der Waals surface area contributed by atoms with Gasteiger partial charge in [-0.3, -0.25) is 9.69 Å². The van der Waals surface area contributed by atoms with Crippen LogP contribution < -0.4 is 14.4 Å². The van der Waals surface area contributed by atoms with Gasteiger partial charge in [-0.2, -0.15) is 0 Å². The molecule has 156 valence electrons. The summed E-state index contributed by atoms with van der Waals surface area (Å²) in [6, 6.07) is 18.5. The molecule has 0 atom stereocenters. The first-order chi connectivity index (χ1) is 15.0. The zero-order valence-corrected chi connectivity index (χ0v) is 17.7. The SMILES string of the molecule is COc1ccc(/C=C2\C=C(c3ccc(Cl)cc3)N(c3cccc(F)c3)C2=O)cc1OC. The largest absolute Gasteiger partial charge is 0.493 e. The summed E-state index contributed by atoms with van der Waals surface area (Å²) in [4.78, 5) is 14.8. The van der Waals surface area contributed by atoms with E-state index in [2.05, 4.69) is 0 Å². The van der Waals surface area contributed by atoms with Gasteiger partial charge in [0.25, 0.3) is 5.91 Å². The quantitative estimate of drug-likeness (QED) is 0.463. The molecule has 0 fully saturated rings. The number of halogens is 2. The van der Waals surface area contributed by atoms with Gasteiger partial charge >= 0.3 is 0 Å². The van der Waals surface area contributed by atoms with Crippen molar-refractivity contribution >= 4 is 35.0 Å². The van der Waals surface area contributed by atoms with Crippen molar-refractivity contribution < 1.29 is 18.7 Å². The van der Waals surface area contributed by atoms with E-state index in [9.17, 15) is 9.18 Å². The van der Waals surface area contributed by atoms with E-state index in [4.69, 9.17) is 21.1 Å². The zero-order valence-electron chi connectivity index (χ0n) is 16.9. The summed E-state index contributed by atoms with van der Waals surface area (Å²) >= 11 is 6.03. The zero-order chi connectivity index (χ0) is 22.0. The Bertz CT molecular complexity index is 1200. The predicted molar refractivity (Wildman–Crippen MR) is 121 cm³/mol. The molecule has 0 bridgehead atoms. The Labute approximate surface area is 184 Å². The predicted octanol–water partition coefficient (Wildman–Crippen LogP) is 5.97. The second-order valence-electron chi connectivity index (χ2n) is 6.87. The summed E-state index contributed by atoms with van der Waals surface area (Å²) in [6.45, 7) is 0. The van der Waals surface area contributed by atoms with Crippen LogP contribution in [0.25, 0.3) is 11.8 Å². The number of methoxy groups -OCH3 is 2. The Balaban J connectivity index is 1.81. The summed E-state index contributed by atoms with van der Waals surface area (Å²) in [5, 5.41) is 0.590. The van der Waals surface area contributed by atoms with Crippen LogP contribution in [0.15, 0.2) is 78.4 Å². The number of carbonyl (C=O) groups excluding carboxylic acids is 1. The van der Waals surface area contributed by atoms with Crippen molar-refractivity contribution in [1.82, 2.24) is 0 Å². The number of hydrogen-bond acceptors (Lipinski definition) is 3. The first-order valence-electron chi connectivity index (χ1n) is 9.51. The number of nitrogens with zero attached hydrogens (tertiary/aromatic N) is 1. The lowest BCUT2D eigenvalue weighted by Crippen LogP contribution is -2.25. The molecule has 4 rings (SSSR count). The second kappa shape index (κ2) is 8.66. The van der Waals surface area contributed by atoms with E-state index >= 15 is 0 Å². The van der Waals surface area contributed by atoms with Gasteiger partial charge in [-0.1, -0.05) is 35.9 Å². The average Bonchev–Trinajstić information content (AvgIpc) is 3.10. The summed E-state index contributed by atoms with van der Waals surface area (Å²) in [5.41, 5.74) is 3.11. The molecular weight excluding hydrogens is 417 g/mol. The van der Waals surface area contributed by atoms with Crippen molar-refractivity contribution in [3.8, 4) is 11.5 Å². The number of rotatable bonds is 5. The second-order valence-corrected chi connectivity index (χ2v) is 7.31. The Hall–Kier alpha value is -3.57. The molecule has 1 heterocycles. The Morgan fingerprint density at radius 3 is 2.35 bits per heavy atom. The molecule has 3 aromatic rings. The molecule has 0 radical (unpaired) electrons. The molecule has 0 unspecified atom stereocenters. The van der Waals surface area contributed by atoms with E-state index in [0.29, 0.717) is 33.5 Å². The molecule has 0 aromatic heterocycles. The summed E-state index contributed by atoms with van der Waals surface area (Å²) in [5.74, 6) is 0.482. The lowest BCUT2D eigenvalue weighted by Gasteiger charge is -2.21. The molecule has 0 N–H and O–H groups in total. The molecule has 1 aliphatic heterocycles. The Kier molecular flexibility index (Phi) is 5.78. The van der Waals surface area contributed by atoms with E-state index in [1.54, 1.807) is 62.8 Å². The Morgan fingerprint density at radius 1 is 0.935 bits per heavy atom. The topological polar surface area (TPSA) is 38.8 Å². The minimum atomic E-state index is -0.418. The third kappa shape index (κ3) is 4.18. The van der Waals surface area contributed by atoms with Crippen molar-refractivity contribution in [2.75, 3.05) is 19.1 Å². The third-order valence-corrected chi connectivity index (χ3v) is 5.17. The summed E-state index contributed by atoms with van der Waals surface area (Å²) < 4.78 is 24.5. The number of hydrogen-bond donors (Lipinski definition) is 0. The van der Waals surface area contributed by atoms with Gasteiger partial charge in [0, 0.05) is 10.6 Å². The molecular formula is C25H19ClFNO3. The molecule has 1 aliphatic rings. The van der Waals surface area contributed by atoms with E-state index in [-0.39, 0.29) is 5.91 Å². The molecule has 1 amide bonds. The molecule has 0 saturated carbocycles. The summed E-state index contributed by atoms with van der Waals surface area (Å²) in [6.07, 6.45) is 3.55. The molecule has 6 heteroatoms. The maximum absolute atomic E-state index is 13.9. The highest BCUT2D eigenvalue weighted by Gasteiger charge is 2.30. The fourth-order valence-corrected chi connectivity index (χ4v) is 3.57. The van der Waals surface area contributed by atoms with Crippen LogP contribution in [0.2, 0.25) is 5.02 Å². The van der Waals surface area contributed by atoms with Crippen LogP contribution in [0.5, 0.6) is 11.5 Å². The van der Waals surface area contributed by atoms with Crippen molar-refractivity contribution in [2.45, 2.75) is 0 Å². The van der Waals surface area contributed by atoms with Gasteiger partial charge in [0.2, 0.25) is 0 Å². The van der Waals surface area contributed by atoms with Gasteiger partial charge < -0.3 is 9.47 Å². The van der Waals surface area contributed by atoms with Crippen LogP contribution >= 0.6 is 11.6 Å². The van der Waals surface area contributed by atoms with Gasteiger partial charge in [0.05, 0.1) is 25.6 Å². The number of ether oxygens (including phenoxy) is 2. The number of benzene rings is 3. The normalized spacial score (nSPS) is 14.7. The molecule has 31 heavy (non-hydrogen) atoms. The van der Waals surface area contributed by atoms with Crippen LogP contribution in [0.4, 0.5) is 10.1 Å². The first-order valence-corrected chi connectivity index (χ1v) is 9.89. The monoisotopic (exact) mass is 435 g/mol. The van der Waals surface area contributed by atoms with Crippen LogP contribution in [0, 0.1) is 5.82 Å². The third-order valence-electron chi connectivity index (χ3n) is 4.92. The van der Waals surface area contributed by atoms with E-state index in [0.717, 1.165) is 11.1 Å². The highest BCUT2D eigenvalue weighted by molar-refractivity contribution is 6.30. The van der Waals surface area contributed by atoms with E-state index < -0.39 is 5.82 Å². The standard InChI is InChI=1S/C25H19ClFNO3/c1-30-23-11-6-16(13-24(23)31-2)12-18-14-22(17-7-9-19(26)10-8-17)28(25(18)29)21-5-3-4-20(27)15-21/h3-15H,1-2H3/b18-12+. The maximum Gasteiger partial charge on any atom is 0.262 e. The summed E-state index contributed by atoms with van der Waals surface area (Å²) in [7, 11) is 3.12. The highest BCUT2D eigenvalue weighted by Crippen LogP contribution is 2.36. The number of anilines is 1. The number of amides is 1. The van der Waals surface area contributed by atoms with Gasteiger partial charge in [-0.15, -0.1) is 0 Å². The van der Waals surface area contributed by atoms with Crippen LogP contribution in [0.1, 0.15) is 11.1 Å². The van der Waals surface area contributed by atoms with Gasteiger partial charge in [0.1, 0.15) is 5.82 Å². The molecule has 0 spiro atoms. The highest BCUT2D eigenvalue weighted by atomic mass is 35.5. The smallest absolute Gasteiger partial charge is 0.262 e. The Morgan fingerprint density at radius 2 is 1.68 bits per heavy atom. The van der Waals surface area contributed by atoms with Gasteiger partial charge in [-0.25, -0.2) is 4.39 Å². The minimum Gasteiger partial charge on any atom is -0.493 e. The van der Waals surface area contributed by atoms with Crippen LogP contribution in [-0.2, 0) is 4.79 Å². The fraction of sp³-hybridized carbons (Fsp3) is 0.0800. The lowest BCUT2D eigenvalue weighted by atomic mass is 10.1. The van der Waals surface area contributed by atoms with E-state index in [1.807, 2.05) is 18.2 Å². The number of carbonyl (C=O) groups is 1. The lowest BCUT2D eigenvalue weighted by molar-refractivity contribution is -0.113. The van der Waals surface area contributed by atoms with Gasteiger partial charge in [-0.05, 0) is 65.7 Å². The van der Waals surface area contributed by atoms with Crippen molar-refractivity contribution in [3.63, 3.8) is 0 Å².